The number of carbonyl (C=O) groups is 2. The number of hydrogen-bond donors (Lipinski definition) is 3. The van der Waals surface area contributed by atoms with Crippen molar-refractivity contribution in [1.82, 2.24) is 4.98 Å². The number of anilines is 2. The molecule has 0 aliphatic carbocycles. The van der Waals surface area contributed by atoms with Gasteiger partial charge in [-0.05, 0) is 37.3 Å². The zero-order chi connectivity index (χ0) is 16.8. The van der Waals surface area contributed by atoms with Crippen LogP contribution >= 0.6 is 0 Å². The minimum Gasteiger partial charge on any atom is -0.481 e. The third-order valence-electron chi connectivity index (χ3n) is 3.16. The molecule has 0 aliphatic rings. The van der Waals surface area contributed by atoms with Gasteiger partial charge < -0.3 is 21.1 Å². The molecule has 7 heteroatoms. The Hall–Kier alpha value is -3.09. The average molecular weight is 314 g/mol. The van der Waals surface area contributed by atoms with Crippen LogP contribution in [-0.4, -0.2) is 29.9 Å². The zero-order valence-electron chi connectivity index (χ0n) is 12.9. The molecule has 0 fully saturated rings. The number of primary amides is 1. The fourth-order valence-corrected chi connectivity index (χ4v) is 1.87. The van der Waals surface area contributed by atoms with Crippen LogP contribution in [0, 0.1) is 0 Å². The third kappa shape index (κ3) is 4.44. The van der Waals surface area contributed by atoms with Crippen LogP contribution in [0.25, 0.3) is 0 Å². The van der Waals surface area contributed by atoms with Crippen LogP contribution in [0.5, 0.6) is 5.88 Å². The van der Waals surface area contributed by atoms with E-state index in [1.807, 2.05) is 0 Å². The average Bonchev–Trinajstić information content (AvgIpc) is 2.56. The van der Waals surface area contributed by atoms with Crippen molar-refractivity contribution in [2.45, 2.75) is 13.0 Å². The van der Waals surface area contributed by atoms with Crippen LogP contribution in [0.4, 0.5) is 11.4 Å². The van der Waals surface area contributed by atoms with Gasteiger partial charge in [0, 0.05) is 17.3 Å². The van der Waals surface area contributed by atoms with Gasteiger partial charge in [0.15, 0.2) is 0 Å². The second-order valence-electron chi connectivity index (χ2n) is 4.89. The second-order valence-corrected chi connectivity index (χ2v) is 4.89. The molecule has 0 saturated carbocycles. The SMILES string of the molecule is COc1ccc(NC(C)C(=O)Nc2ccc(C(N)=O)cc2)cn1. The lowest BCUT2D eigenvalue weighted by Gasteiger charge is -2.15. The summed E-state index contributed by atoms with van der Waals surface area (Å²) in [7, 11) is 1.54. The van der Waals surface area contributed by atoms with Gasteiger partial charge in [0.25, 0.3) is 0 Å². The lowest BCUT2D eigenvalue weighted by atomic mass is 10.2. The highest BCUT2D eigenvalue weighted by Crippen LogP contribution is 2.13. The van der Waals surface area contributed by atoms with Crippen molar-refractivity contribution in [2.24, 2.45) is 5.73 Å². The van der Waals surface area contributed by atoms with Crippen molar-refractivity contribution in [1.29, 1.82) is 0 Å². The molecule has 1 atom stereocenters. The number of ether oxygens (including phenoxy) is 1. The maximum atomic E-state index is 12.1. The Kier molecular flexibility index (Phi) is 5.14. The highest BCUT2D eigenvalue weighted by molar-refractivity contribution is 5.97. The van der Waals surface area contributed by atoms with E-state index in [1.54, 1.807) is 49.5 Å². The van der Waals surface area contributed by atoms with E-state index in [4.69, 9.17) is 10.5 Å². The van der Waals surface area contributed by atoms with E-state index in [2.05, 4.69) is 15.6 Å². The molecule has 0 spiro atoms. The molecule has 1 unspecified atom stereocenters. The van der Waals surface area contributed by atoms with Crippen LogP contribution in [0.2, 0.25) is 0 Å². The van der Waals surface area contributed by atoms with Crippen LogP contribution in [0.1, 0.15) is 17.3 Å². The number of nitrogens with two attached hydrogens (primary N) is 1. The van der Waals surface area contributed by atoms with E-state index in [9.17, 15) is 9.59 Å². The number of nitrogens with zero attached hydrogens (tertiary/aromatic N) is 1. The summed E-state index contributed by atoms with van der Waals surface area (Å²) in [6, 6.07) is 9.37. The summed E-state index contributed by atoms with van der Waals surface area (Å²) in [6.45, 7) is 1.73. The number of benzene rings is 1. The van der Waals surface area contributed by atoms with Gasteiger partial charge in [-0.1, -0.05) is 0 Å². The van der Waals surface area contributed by atoms with Gasteiger partial charge >= 0.3 is 0 Å². The van der Waals surface area contributed by atoms with Gasteiger partial charge in [0.05, 0.1) is 19.0 Å². The normalized spacial score (nSPS) is 11.4. The number of aromatic nitrogens is 1. The first-order valence-corrected chi connectivity index (χ1v) is 6.97. The summed E-state index contributed by atoms with van der Waals surface area (Å²) in [6.07, 6.45) is 1.59. The predicted octanol–water partition coefficient (Wildman–Crippen LogP) is 1.63. The van der Waals surface area contributed by atoms with Crippen molar-refractivity contribution in [3.05, 3.63) is 48.2 Å². The Labute approximate surface area is 133 Å². The van der Waals surface area contributed by atoms with Crippen LogP contribution in [0.15, 0.2) is 42.6 Å². The Bertz CT molecular complexity index is 683. The van der Waals surface area contributed by atoms with Crippen LogP contribution < -0.4 is 21.1 Å². The van der Waals surface area contributed by atoms with Crippen molar-refractivity contribution >= 4 is 23.2 Å². The Morgan fingerprint density at radius 3 is 2.30 bits per heavy atom. The highest BCUT2D eigenvalue weighted by Gasteiger charge is 2.13. The summed E-state index contributed by atoms with van der Waals surface area (Å²) in [5.41, 5.74) is 6.85. The molecular weight excluding hydrogens is 296 g/mol. The summed E-state index contributed by atoms with van der Waals surface area (Å²) in [4.78, 5) is 27.2. The predicted molar refractivity (Wildman–Crippen MR) is 87.5 cm³/mol. The number of carbonyl (C=O) groups excluding carboxylic acids is 2. The summed E-state index contributed by atoms with van der Waals surface area (Å²) >= 11 is 0. The van der Waals surface area contributed by atoms with Gasteiger partial charge in [0.1, 0.15) is 6.04 Å². The first-order valence-electron chi connectivity index (χ1n) is 6.97. The van der Waals surface area contributed by atoms with Crippen LogP contribution in [0.3, 0.4) is 0 Å². The van der Waals surface area contributed by atoms with Crippen molar-refractivity contribution in [3.8, 4) is 5.88 Å². The molecule has 2 aromatic rings. The fraction of sp³-hybridized carbons (Fsp3) is 0.188. The topological polar surface area (TPSA) is 106 Å². The monoisotopic (exact) mass is 314 g/mol. The Balaban J connectivity index is 1.94. The molecule has 7 nitrogen and oxygen atoms in total. The van der Waals surface area contributed by atoms with Crippen molar-refractivity contribution in [3.63, 3.8) is 0 Å². The third-order valence-corrected chi connectivity index (χ3v) is 3.16. The van der Waals surface area contributed by atoms with Gasteiger partial charge in [-0.15, -0.1) is 0 Å². The molecule has 1 heterocycles. The molecule has 0 aliphatic heterocycles. The van der Waals surface area contributed by atoms with Crippen LogP contribution in [-0.2, 0) is 4.79 Å². The van der Waals surface area contributed by atoms with E-state index in [0.717, 1.165) is 0 Å². The van der Waals surface area contributed by atoms with E-state index >= 15 is 0 Å². The maximum absolute atomic E-state index is 12.1. The zero-order valence-corrected chi connectivity index (χ0v) is 12.9. The first kappa shape index (κ1) is 16.3. The molecule has 1 aromatic heterocycles. The molecular formula is C16H18N4O3. The van der Waals surface area contributed by atoms with E-state index < -0.39 is 11.9 Å². The lowest BCUT2D eigenvalue weighted by Crippen LogP contribution is -2.31. The first-order chi connectivity index (χ1) is 11.0. The molecule has 1 aromatic carbocycles. The van der Waals surface area contributed by atoms with Crippen molar-refractivity contribution < 1.29 is 14.3 Å². The number of pyridine rings is 1. The molecule has 0 saturated heterocycles. The van der Waals surface area contributed by atoms with Gasteiger partial charge in [0.2, 0.25) is 17.7 Å². The molecule has 0 radical (unpaired) electrons. The smallest absolute Gasteiger partial charge is 0.248 e. The minimum atomic E-state index is -0.509. The molecule has 4 N–H and O–H groups in total. The number of methoxy groups -OCH3 is 1. The molecule has 23 heavy (non-hydrogen) atoms. The summed E-state index contributed by atoms with van der Waals surface area (Å²) in [5.74, 6) is -0.222. The van der Waals surface area contributed by atoms with Crippen molar-refractivity contribution in [2.75, 3.05) is 17.7 Å². The lowest BCUT2D eigenvalue weighted by molar-refractivity contribution is -0.116. The Morgan fingerprint density at radius 2 is 1.78 bits per heavy atom. The Morgan fingerprint density at radius 1 is 1.13 bits per heavy atom. The standard InChI is InChI=1S/C16H18N4O3/c1-10(19-13-7-8-14(23-2)18-9-13)16(22)20-12-5-3-11(4-6-12)15(17)21/h3-10,19H,1-2H3,(H2,17,21)(H,20,22). The number of amides is 2. The van der Waals surface area contributed by atoms with E-state index in [-0.39, 0.29) is 5.91 Å². The molecule has 0 bridgehead atoms. The van der Waals surface area contributed by atoms with E-state index in [0.29, 0.717) is 22.8 Å². The number of hydrogen-bond acceptors (Lipinski definition) is 5. The fourth-order valence-electron chi connectivity index (χ4n) is 1.87. The summed E-state index contributed by atoms with van der Waals surface area (Å²) in [5, 5.41) is 5.79. The van der Waals surface area contributed by atoms with Gasteiger partial charge in [-0.2, -0.15) is 0 Å². The van der Waals surface area contributed by atoms with Gasteiger partial charge in [-0.3, -0.25) is 9.59 Å². The number of rotatable bonds is 6. The quantitative estimate of drug-likeness (QED) is 0.751. The molecule has 2 rings (SSSR count). The van der Waals surface area contributed by atoms with E-state index in [1.165, 1.54) is 7.11 Å². The molecule has 2 amide bonds. The highest BCUT2D eigenvalue weighted by atomic mass is 16.5. The maximum Gasteiger partial charge on any atom is 0.248 e. The molecule has 120 valence electrons. The van der Waals surface area contributed by atoms with Gasteiger partial charge in [-0.25, -0.2) is 4.98 Å². The minimum absolute atomic E-state index is 0.215. The number of nitrogens with one attached hydrogen (secondary N) is 2. The summed E-state index contributed by atoms with van der Waals surface area (Å²) < 4.78 is 4.98. The largest absolute Gasteiger partial charge is 0.481 e. The second kappa shape index (κ2) is 7.26.